The number of carbonyl (C=O) groups is 2. The van der Waals surface area contributed by atoms with Gasteiger partial charge < -0.3 is 19.9 Å². The highest BCUT2D eigenvalue weighted by Crippen LogP contribution is 2.21. The summed E-state index contributed by atoms with van der Waals surface area (Å²) in [6.45, 7) is 5.86. The minimum absolute atomic E-state index is 0.172. The molecule has 0 aliphatic rings. The van der Waals surface area contributed by atoms with E-state index in [1.807, 2.05) is 12.2 Å². The van der Waals surface area contributed by atoms with Gasteiger partial charge >= 0.3 is 12.1 Å². The Labute approximate surface area is 136 Å². The van der Waals surface area contributed by atoms with Crippen LogP contribution in [0.2, 0.25) is 0 Å². The van der Waals surface area contributed by atoms with Crippen molar-refractivity contribution < 1.29 is 24.2 Å². The van der Waals surface area contributed by atoms with Gasteiger partial charge in [-0.15, -0.1) is 0 Å². The highest BCUT2D eigenvalue weighted by Gasteiger charge is 2.15. The molecule has 1 rings (SSSR count). The summed E-state index contributed by atoms with van der Waals surface area (Å²) in [7, 11) is 1.49. The average molecular weight is 321 g/mol. The lowest BCUT2D eigenvalue weighted by molar-refractivity contribution is 0.0528. The van der Waals surface area contributed by atoms with Crippen molar-refractivity contribution in [1.29, 1.82) is 0 Å². The van der Waals surface area contributed by atoms with E-state index in [0.29, 0.717) is 18.7 Å². The van der Waals surface area contributed by atoms with E-state index in [-0.39, 0.29) is 5.56 Å². The molecule has 0 aliphatic carbocycles. The molecule has 0 heterocycles. The predicted octanol–water partition coefficient (Wildman–Crippen LogP) is 3.32. The molecule has 1 aromatic rings. The van der Waals surface area contributed by atoms with Crippen molar-refractivity contribution in [3.05, 3.63) is 35.4 Å². The summed E-state index contributed by atoms with van der Waals surface area (Å²) in [5, 5.41) is 11.6. The Kier molecular flexibility index (Phi) is 6.63. The molecule has 0 fully saturated rings. The van der Waals surface area contributed by atoms with Crippen LogP contribution in [-0.2, 0) is 4.74 Å². The van der Waals surface area contributed by atoms with E-state index in [1.165, 1.54) is 19.2 Å². The van der Waals surface area contributed by atoms with Crippen molar-refractivity contribution in [2.24, 2.45) is 0 Å². The Hall–Kier alpha value is -2.50. The number of alkyl carbamates (subject to hydrolysis) is 1. The Balaban J connectivity index is 2.52. The molecule has 1 amide bonds. The number of carboxylic acid groups (broad SMARTS) is 1. The lowest BCUT2D eigenvalue weighted by Crippen LogP contribution is -2.32. The van der Waals surface area contributed by atoms with Gasteiger partial charge in [-0.25, -0.2) is 9.59 Å². The molecule has 0 aromatic heterocycles. The predicted molar refractivity (Wildman–Crippen MR) is 87.8 cm³/mol. The molecule has 1 aromatic carbocycles. The first-order valence-electron chi connectivity index (χ1n) is 7.27. The van der Waals surface area contributed by atoms with Gasteiger partial charge in [0.05, 0.1) is 12.7 Å². The summed E-state index contributed by atoms with van der Waals surface area (Å²) in [5.74, 6) is -0.512. The van der Waals surface area contributed by atoms with Crippen LogP contribution in [0.5, 0.6) is 5.75 Å². The SMILES string of the molecule is COc1cc(C(=O)O)ccc1C=CCCNC(=O)OC(C)(C)C. The van der Waals surface area contributed by atoms with E-state index < -0.39 is 17.7 Å². The fourth-order valence-corrected chi connectivity index (χ4v) is 1.76. The van der Waals surface area contributed by atoms with Gasteiger partial charge in [0.25, 0.3) is 0 Å². The standard InChI is InChI=1S/C17H23NO5/c1-17(2,3)23-16(21)18-10-6-5-7-12-8-9-13(15(19)20)11-14(12)22-4/h5,7-9,11H,6,10H2,1-4H3,(H,18,21)(H,19,20). The van der Waals surface area contributed by atoms with E-state index in [2.05, 4.69) is 5.32 Å². The van der Waals surface area contributed by atoms with Crippen LogP contribution < -0.4 is 10.1 Å². The molecule has 0 saturated heterocycles. The third kappa shape index (κ3) is 6.86. The summed E-state index contributed by atoms with van der Waals surface area (Å²) < 4.78 is 10.3. The van der Waals surface area contributed by atoms with Crippen LogP contribution in [0.4, 0.5) is 4.79 Å². The van der Waals surface area contributed by atoms with Gasteiger partial charge in [-0.05, 0) is 39.3 Å². The number of benzene rings is 1. The third-order valence-corrected chi connectivity index (χ3v) is 2.76. The van der Waals surface area contributed by atoms with Gasteiger partial charge in [-0.3, -0.25) is 0 Å². The molecular formula is C17H23NO5. The number of aromatic carboxylic acids is 1. The van der Waals surface area contributed by atoms with Gasteiger partial charge in [0.15, 0.2) is 0 Å². The Morgan fingerprint density at radius 1 is 1.30 bits per heavy atom. The zero-order valence-electron chi connectivity index (χ0n) is 13.9. The van der Waals surface area contributed by atoms with E-state index >= 15 is 0 Å². The molecule has 0 bridgehead atoms. The van der Waals surface area contributed by atoms with Crippen molar-refractivity contribution in [2.75, 3.05) is 13.7 Å². The highest BCUT2D eigenvalue weighted by atomic mass is 16.6. The summed E-state index contributed by atoms with van der Waals surface area (Å²) in [6, 6.07) is 4.67. The molecule has 23 heavy (non-hydrogen) atoms. The maximum Gasteiger partial charge on any atom is 0.407 e. The van der Waals surface area contributed by atoms with Gasteiger partial charge in [0.1, 0.15) is 11.4 Å². The average Bonchev–Trinajstić information content (AvgIpc) is 2.44. The van der Waals surface area contributed by atoms with E-state index in [1.54, 1.807) is 26.8 Å². The number of methoxy groups -OCH3 is 1. The molecule has 0 aliphatic heterocycles. The Bertz CT molecular complexity index is 587. The fourth-order valence-electron chi connectivity index (χ4n) is 1.76. The topological polar surface area (TPSA) is 84.9 Å². The monoisotopic (exact) mass is 321 g/mol. The minimum Gasteiger partial charge on any atom is -0.496 e. The molecule has 0 spiro atoms. The normalized spacial score (nSPS) is 11.3. The zero-order valence-corrected chi connectivity index (χ0v) is 13.9. The second-order valence-electron chi connectivity index (χ2n) is 5.88. The maximum absolute atomic E-state index is 11.5. The number of hydrogen-bond acceptors (Lipinski definition) is 4. The molecule has 126 valence electrons. The first-order valence-corrected chi connectivity index (χ1v) is 7.27. The number of rotatable bonds is 6. The summed E-state index contributed by atoms with van der Waals surface area (Å²) in [4.78, 5) is 22.4. The van der Waals surface area contributed by atoms with E-state index in [4.69, 9.17) is 14.6 Å². The van der Waals surface area contributed by atoms with Gasteiger partial charge in [-0.2, -0.15) is 0 Å². The van der Waals surface area contributed by atoms with Crippen molar-refractivity contribution in [1.82, 2.24) is 5.32 Å². The largest absolute Gasteiger partial charge is 0.496 e. The zero-order chi connectivity index (χ0) is 17.5. The summed E-state index contributed by atoms with van der Waals surface area (Å²) in [6.07, 6.45) is 3.86. The molecular weight excluding hydrogens is 298 g/mol. The summed E-state index contributed by atoms with van der Waals surface area (Å²) >= 11 is 0. The van der Waals surface area contributed by atoms with E-state index in [9.17, 15) is 9.59 Å². The number of carboxylic acids is 1. The molecule has 0 unspecified atom stereocenters. The number of hydrogen-bond donors (Lipinski definition) is 2. The van der Waals surface area contributed by atoms with Crippen molar-refractivity contribution in [3.63, 3.8) is 0 Å². The molecule has 0 radical (unpaired) electrons. The van der Waals surface area contributed by atoms with Crippen LogP contribution in [0, 0.1) is 0 Å². The number of amides is 1. The fraction of sp³-hybridized carbons (Fsp3) is 0.412. The van der Waals surface area contributed by atoms with Crippen molar-refractivity contribution >= 4 is 18.1 Å². The molecule has 2 N–H and O–H groups in total. The van der Waals surface area contributed by atoms with Crippen molar-refractivity contribution in [2.45, 2.75) is 32.8 Å². The third-order valence-electron chi connectivity index (χ3n) is 2.76. The number of carbonyl (C=O) groups excluding carboxylic acids is 1. The number of ether oxygens (including phenoxy) is 2. The van der Waals surface area contributed by atoms with E-state index in [0.717, 1.165) is 5.56 Å². The molecule has 6 heteroatoms. The van der Waals surface area contributed by atoms with Crippen LogP contribution in [0.15, 0.2) is 24.3 Å². The van der Waals surface area contributed by atoms with Gasteiger partial charge in [-0.1, -0.05) is 18.2 Å². The van der Waals surface area contributed by atoms with Gasteiger partial charge in [0, 0.05) is 12.1 Å². The molecule has 0 saturated carbocycles. The van der Waals surface area contributed by atoms with Crippen LogP contribution in [-0.4, -0.2) is 36.4 Å². The second-order valence-corrected chi connectivity index (χ2v) is 5.88. The minimum atomic E-state index is -1.000. The van der Waals surface area contributed by atoms with Crippen LogP contribution >= 0.6 is 0 Å². The first-order chi connectivity index (χ1) is 10.7. The summed E-state index contributed by atoms with van der Waals surface area (Å²) in [5.41, 5.74) is 0.430. The van der Waals surface area contributed by atoms with Crippen molar-refractivity contribution in [3.8, 4) is 5.75 Å². The Morgan fingerprint density at radius 2 is 2.00 bits per heavy atom. The number of nitrogens with one attached hydrogen (secondary N) is 1. The first kappa shape index (κ1) is 18.5. The van der Waals surface area contributed by atoms with Gasteiger partial charge in [0.2, 0.25) is 0 Å². The van der Waals surface area contributed by atoms with Crippen LogP contribution in [0.25, 0.3) is 6.08 Å². The smallest absolute Gasteiger partial charge is 0.407 e. The van der Waals surface area contributed by atoms with Crippen LogP contribution in [0.3, 0.4) is 0 Å². The lowest BCUT2D eigenvalue weighted by Gasteiger charge is -2.19. The quantitative estimate of drug-likeness (QED) is 0.785. The maximum atomic E-state index is 11.5. The molecule has 6 nitrogen and oxygen atoms in total. The highest BCUT2D eigenvalue weighted by molar-refractivity contribution is 5.88. The second kappa shape index (κ2) is 8.22. The Morgan fingerprint density at radius 3 is 2.57 bits per heavy atom. The molecule has 0 atom stereocenters. The van der Waals surface area contributed by atoms with Crippen LogP contribution in [0.1, 0.15) is 43.1 Å². The lowest BCUT2D eigenvalue weighted by atomic mass is 10.1.